The number of carbonyl (C=O) groups excluding carboxylic acids is 2. The Hall–Kier alpha value is -2.49. The number of halogens is 3. The van der Waals surface area contributed by atoms with Gasteiger partial charge in [0, 0.05) is 18.1 Å². The van der Waals surface area contributed by atoms with E-state index in [4.69, 9.17) is 12.2 Å². The standard InChI is InChI=1S/C13H11F3N2O2/c1-2-3-11(13(17)20)18-12(19)5-7-4-9(15)10(16)6-8(7)14/h1,4,6,11H,3,5H2,(H2,17,20)(H,18,19)/t11-/m1/s1. The highest BCUT2D eigenvalue weighted by molar-refractivity contribution is 5.87. The van der Waals surface area contributed by atoms with Crippen molar-refractivity contribution in [3.63, 3.8) is 0 Å². The van der Waals surface area contributed by atoms with Gasteiger partial charge in [0.2, 0.25) is 11.8 Å². The van der Waals surface area contributed by atoms with Crippen LogP contribution < -0.4 is 11.1 Å². The molecule has 106 valence electrons. The number of hydrogen-bond acceptors (Lipinski definition) is 2. The van der Waals surface area contributed by atoms with Crippen molar-refractivity contribution in [1.29, 1.82) is 0 Å². The molecule has 0 spiro atoms. The van der Waals surface area contributed by atoms with E-state index in [0.29, 0.717) is 12.1 Å². The van der Waals surface area contributed by atoms with Crippen molar-refractivity contribution < 1.29 is 22.8 Å². The molecular weight excluding hydrogens is 273 g/mol. The van der Waals surface area contributed by atoms with Gasteiger partial charge in [0.05, 0.1) is 6.42 Å². The highest BCUT2D eigenvalue weighted by atomic mass is 19.2. The average Bonchev–Trinajstić information content (AvgIpc) is 2.35. The number of hydrogen-bond donors (Lipinski definition) is 2. The van der Waals surface area contributed by atoms with Crippen LogP contribution in [0.15, 0.2) is 12.1 Å². The molecule has 0 bridgehead atoms. The lowest BCUT2D eigenvalue weighted by molar-refractivity contribution is -0.126. The first-order valence-corrected chi connectivity index (χ1v) is 5.50. The molecule has 1 atom stereocenters. The Balaban J connectivity index is 2.79. The van der Waals surface area contributed by atoms with Crippen molar-refractivity contribution in [3.05, 3.63) is 35.1 Å². The minimum absolute atomic E-state index is 0.124. The van der Waals surface area contributed by atoms with Crippen molar-refractivity contribution in [3.8, 4) is 12.3 Å². The van der Waals surface area contributed by atoms with Crippen LogP contribution >= 0.6 is 0 Å². The molecule has 1 rings (SSSR count). The van der Waals surface area contributed by atoms with Gasteiger partial charge in [-0.3, -0.25) is 9.59 Å². The topological polar surface area (TPSA) is 72.2 Å². The Morgan fingerprint density at radius 1 is 1.25 bits per heavy atom. The minimum atomic E-state index is -1.35. The number of primary amides is 1. The second-order valence-electron chi connectivity index (χ2n) is 3.97. The summed E-state index contributed by atoms with van der Waals surface area (Å²) in [5, 5.41) is 2.19. The highest BCUT2D eigenvalue weighted by Gasteiger charge is 2.19. The third-order valence-corrected chi connectivity index (χ3v) is 2.44. The highest BCUT2D eigenvalue weighted by Crippen LogP contribution is 2.14. The first-order chi connectivity index (χ1) is 9.35. The summed E-state index contributed by atoms with van der Waals surface area (Å²) in [4.78, 5) is 22.6. The van der Waals surface area contributed by atoms with E-state index in [-0.39, 0.29) is 12.0 Å². The number of nitrogens with two attached hydrogens (primary N) is 1. The largest absolute Gasteiger partial charge is 0.368 e. The van der Waals surface area contributed by atoms with Crippen LogP contribution in [-0.4, -0.2) is 17.9 Å². The van der Waals surface area contributed by atoms with Gasteiger partial charge in [-0.2, -0.15) is 0 Å². The lowest BCUT2D eigenvalue weighted by Crippen LogP contribution is -2.44. The van der Waals surface area contributed by atoms with Gasteiger partial charge in [0.15, 0.2) is 11.6 Å². The van der Waals surface area contributed by atoms with E-state index in [9.17, 15) is 22.8 Å². The maximum absolute atomic E-state index is 13.3. The molecule has 0 aliphatic rings. The van der Waals surface area contributed by atoms with Crippen LogP contribution in [-0.2, 0) is 16.0 Å². The molecule has 0 saturated carbocycles. The molecule has 0 saturated heterocycles. The van der Waals surface area contributed by atoms with Crippen LogP contribution in [0.4, 0.5) is 13.2 Å². The Morgan fingerprint density at radius 2 is 1.85 bits per heavy atom. The second kappa shape index (κ2) is 6.61. The van der Waals surface area contributed by atoms with Gasteiger partial charge in [-0.15, -0.1) is 12.3 Å². The van der Waals surface area contributed by atoms with Gasteiger partial charge < -0.3 is 11.1 Å². The Bertz CT molecular complexity index is 582. The zero-order valence-electron chi connectivity index (χ0n) is 10.3. The zero-order valence-corrected chi connectivity index (χ0v) is 10.3. The molecule has 3 N–H and O–H groups in total. The first-order valence-electron chi connectivity index (χ1n) is 5.50. The molecule has 0 aromatic heterocycles. The van der Waals surface area contributed by atoms with Gasteiger partial charge in [-0.1, -0.05) is 0 Å². The van der Waals surface area contributed by atoms with Crippen LogP contribution in [0, 0.1) is 29.8 Å². The molecule has 0 aliphatic heterocycles. The summed E-state index contributed by atoms with van der Waals surface area (Å²) >= 11 is 0. The summed E-state index contributed by atoms with van der Waals surface area (Å²) in [5.74, 6) is -3.17. The predicted molar refractivity (Wildman–Crippen MR) is 64.6 cm³/mol. The van der Waals surface area contributed by atoms with Crippen LogP contribution in [0.25, 0.3) is 0 Å². The average molecular weight is 284 g/mol. The van der Waals surface area contributed by atoms with E-state index in [1.165, 1.54) is 0 Å². The molecule has 7 heteroatoms. The number of terminal acetylenes is 1. The fraction of sp³-hybridized carbons (Fsp3) is 0.231. The second-order valence-corrected chi connectivity index (χ2v) is 3.97. The lowest BCUT2D eigenvalue weighted by atomic mass is 10.1. The van der Waals surface area contributed by atoms with Crippen molar-refractivity contribution in [1.82, 2.24) is 5.32 Å². The van der Waals surface area contributed by atoms with E-state index in [0.717, 1.165) is 0 Å². The molecule has 0 fully saturated rings. The molecule has 0 radical (unpaired) electrons. The van der Waals surface area contributed by atoms with Crippen molar-refractivity contribution in [2.24, 2.45) is 5.73 Å². The lowest BCUT2D eigenvalue weighted by Gasteiger charge is -2.13. The summed E-state index contributed by atoms with van der Waals surface area (Å²) in [6, 6.07) is -0.184. The summed E-state index contributed by atoms with van der Waals surface area (Å²) in [7, 11) is 0. The first kappa shape index (κ1) is 15.6. The molecular formula is C13H11F3N2O2. The van der Waals surface area contributed by atoms with Gasteiger partial charge >= 0.3 is 0 Å². The smallest absolute Gasteiger partial charge is 0.240 e. The summed E-state index contributed by atoms with van der Waals surface area (Å²) < 4.78 is 39.0. The zero-order chi connectivity index (χ0) is 15.3. The molecule has 20 heavy (non-hydrogen) atoms. The number of amides is 2. The van der Waals surface area contributed by atoms with Crippen LogP contribution in [0.1, 0.15) is 12.0 Å². The summed E-state index contributed by atoms with van der Waals surface area (Å²) in [5.41, 5.74) is 4.66. The third kappa shape index (κ3) is 4.02. The third-order valence-electron chi connectivity index (χ3n) is 2.44. The Kier molecular flexibility index (Phi) is 5.15. The number of nitrogens with one attached hydrogen (secondary N) is 1. The van der Waals surface area contributed by atoms with Crippen molar-refractivity contribution in [2.45, 2.75) is 18.9 Å². The maximum atomic E-state index is 13.3. The van der Waals surface area contributed by atoms with Crippen LogP contribution in [0.3, 0.4) is 0 Å². The van der Waals surface area contributed by atoms with Gasteiger partial charge in [0.1, 0.15) is 11.9 Å². The van der Waals surface area contributed by atoms with E-state index in [1.54, 1.807) is 0 Å². The Labute approximate surface area is 113 Å². The van der Waals surface area contributed by atoms with Gasteiger partial charge in [0.25, 0.3) is 0 Å². The van der Waals surface area contributed by atoms with Gasteiger partial charge in [-0.05, 0) is 6.07 Å². The molecule has 0 heterocycles. The van der Waals surface area contributed by atoms with E-state index in [2.05, 4.69) is 11.2 Å². The van der Waals surface area contributed by atoms with E-state index >= 15 is 0 Å². The predicted octanol–water partition coefficient (Wildman–Crippen LogP) is 0.640. The fourth-order valence-corrected chi connectivity index (χ4v) is 1.46. The maximum Gasteiger partial charge on any atom is 0.240 e. The van der Waals surface area contributed by atoms with Crippen molar-refractivity contribution in [2.75, 3.05) is 0 Å². The number of carbonyl (C=O) groups is 2. The van der Waals surface area contributed by atoms with Crippen LogP contribution in [0.5, 0.6) is 0 Å². The molecule has 1 aromatic carbocycles. The van der Waals surface area contributed by atoms with Gasteiger partial charge in [-0.25, -0.2) is 13.2 Å². The Morgan fingerprint density at radius 3 is 2.40 bits per heavy atom. The summed E-state index contributed by atoms with van der Waals surface area (Å²) in [6.07, 6.45) is 4.30. The quantitative estimate of drug-likeness (QED) is 0.615. The van der Waals surface area contributed by atoms with E-state index in [1.807, 2.05) is 0 Å². The normalized spacial score (nSPS) is 11.5. The molecule has 2 amide bonds. The number of rotatable bonds is 5. The molecule has 4 nitrogen and oxygen atoms in total. The fourth-order valence-electron chi connectivity index (χ4n) is 1.46. The molecule has 0 unspecified atom stereocenters. The van der Waals surface area contributed by atoms with Crippen LogP contribution in [0.2, 0.25) is 0 Å². The monoisotopic (exact) mass is 284 g/mol. The summed E-state index contributed by atoms with van der Waals surface area (Å²) in [6.45, 7) is 0. The molecule has 1 aromatic rings. The number of benzene rings is 1. The minimum Gasteiger partial charge on any atom is -0.368 e. The van der Waals surface area contributed by atoms with E-state index < -0.39 is 41.7 Å². The molecule has 0 aliphatic carbocycles. The SMILES string of the molecule is C#CC[C@@H](NC(=O)Cc1cc(F)c(F)cc1F)C(N)=O. The van der Waals surface area contributed by atoms with Crippen molar-refractivity contribution >= 4 is 11.8 Å².